The predicted molar refractivity (Wildman–Crippen MR) is 103 cm³/mol. The van der Waals surface area contributed by atoms with Gasteiger partial charge in [0, 0.05) is 11.4 Å². The third-order valence-corrected chi connectivity index (χ3v) is 8.50. The van der Waals surface area contributed by atoms with Gasteiger partial charge in [0.05, 0.1) is 5.39 Å². The van der Waals surface area contributed by atoms with Crippen molar-refractivity contribution < 1.29 is 4.79 Å². The minimum Gasteiger partial charge on any atom is -0.349 e. The van der Waals surface area contributed by atoms with Gasteiger partial charge in [0.15, 0.2) is 0 Å². The molecule has 3 atom stereocenters. The fraction of sp³-hybridized carbons (Fsp3) is 0.650. The van der Waals surface area contributed by atoms with Crippen LogP contribution in [0.3, 0.4) is 0 Å². The number of hydrogen-bond donors (Lipinski definition) is 2. The standard InChI is InChI=1S/C20H25N3O2S/c1-20(2)11-7-6-10(13(20)8-11)9-21-18(25)16-22-17(24)15-12-4-3-5-14(12)26-19(15)23-16/h10-11,13H,3-9H2,1-2H3,(H,21,25)(H,22,23,24)/t10?,11-,13-/m1/s1. The molecule has 2 heterocycles. The van der Waals surface area contributed by atoms with E-state index in [-0.39, 0.29) is 17.3 Å². The van der Waals surface area contributed by atoms with Crippen LogP contribution in [0.15, 0.2) is 4.79 Å². The lowest BCUT2D eigenvalue weighted by Crippen LogP contribution is -2.54. The highest BCUT2D eigenvalue weighted by molar-refractivity contribution is 7.18. The fourth-order valence-electron chi connectivity index (χ4n) is 5.62. The lowest BCUT2D eigenvalue weighted by molar-refractivity contribution is -0.103. The van der Waals surface area contributed by atoms with Gasteiger partial charge in [0.1, 0.15) is 4.83 Å². The monoisotopic (exact) mass is 371 g/mol. The number of rotatable bonds is 3. The third-order valence-electron chi connectivity index (χ3n) is 7.32. The molecule has 2 bridgehead atoms. The number of aromatic nitrogens is 2. The number of nitrogens with one attached hydrogen (secondary N) is 2. The SMILES string of the molecule is CC1(C)[C@@H]2CCC(CNC(=O)c3nc4sc5c(c4c(=O)[nH]3)CCC5)[C@H]1C2. The maximum absolute atomic E-state index is 12.6. The Hall–Kier alpha value is -1.69. The lowest BCUT2D eigenvalue weighted by Gasteiger charge is -2.60. The number of carbonyl (C=O) groups is 1. The molecule has 26 heavy (non-hydrogen) atoms. The third kappa shape index (κ3) is 2.30. The zero-order valence-electron chi connectivity index (χ0n) is 15.4. The number of aryl methyl sites for hydroxylation is 2. The van der Waals surface area contributed by atoms with Crippen LogP contribution in [0.2, 0.25) is 0 Å². The first kappa shape index (κ1) is 16.5. The quantitative estimate of drug-likeness (QED) is 0.869. The Morgan fingerprint density at radius 2 is 2.19 bits per heavy atom. The van der Waals surface area contributed by atoms with Crippen molar-refractivity contribution in [3.8, 4) is 0 Å². The van der Waals surface area contributed by atoms with Crippen LogP contribution in [-0.4, -0.2) is 22.4 Å². The molecule has 0 spiro atoms. The molecule has 1 amide bonds. The van der Waals surface area contributed by atoms with E-state index in [4.69, 9.17) is 0 Å². The topological polar surface area (TPSA) is 74.8 Å². The number of fused-ring (bicyclic) bond motifs is 5. The molecule has 3 saturated carbocycles. The van der Waals surface area contributed by atoms with E-state index in [2.05, 4.69) is 29.1 Å². The number of H-pyrrole nitrogens is 1. The molecular formula is C20H25N3O2S. The van der Waals surface area contributed by atoms with Gasteiger partial charge in [-0.15, -0.1) is 11.3 Å². The van der Waals surface area contributed by atoms with Crippen LogP contribution in [-0.2, 0) is 12.8 Å². The second-order valence-corrected chi connectivity index (χ2v) is 9.94. The van der Waals surface area contributed by atoms with Crippen LogP contribution in [0.25, 0.3) is 10.2 Å². The van der Waals surface area contributed by atoms with Gasteiger partial charge in [0.25, 0.3) is 11.5 Å². The van der Waals surface area contributed by atoms with Gasteiger partial charge >= 0.3 is 0 Å². The normalized spacial score (nSPS) is 28.6. The molecular weight excluding hydrogens is 346 g/mol. The molecule has 0 saturated heterocycles. The number of aromatic amines is 1. The van der Waals surface area contributed by atoms with E-state index in [1.54, 1.807) is 11.3 Å². The molecule has 4 aliphatic carbocycles. The molecule has 6 heteroatoms. The first-order valence-corrected chi connectivity index (χ1v) is 10.6. The van der Waals surface area contributed by atoms with Gasteiger partial charge < -0.3 is 10.3 Å². The van der Waals surface area contributed by atoms with Gasteiger partial charge in [-0.05, 0) is 67.3 Å². The molecule has 0 aromatic carbocycles. The molecule has 0 radical (unpaired) electrons. The maximum Gasteiger partial charge on any atom is 0.287 e. The van der Waals surface area contributed by atoms with E-state index >= 15 is 0 Å². The van der Waals surface area contributed by atoms with E-state index in [9.17, 15) is 9.59 Å². The molecule has 0 aliphatic heterocycles. The second-order valence-electron chi connectivity index (χ2n) is 8.86. The van der Waals surface area contributed by atoms with Crippen LogP contribution in [0, 0.1) is 23.2 Å². The van der Waals surface area contributed by atoms with Gasteiger partial charge in [-0.25, -0.2) is 4.98 Å². The summed E-state index contributed by atoms with van der Waals surface area (Å²) in [4.78, 5) is 34.3. The highest BCUT2D eigenvalue weighted by Crippen LogP contribution is 2.61. The summed E-state index contributed by atoms with van der Waals surface area (Å²) < 4.78 is 0. The summed E-state index contributed by atoms with van der Waals surface area (Å²) >= 11 is 1.57. The first-order chi connectivity index (χ1) is 12.4. The minimum absolute atomic E-state index is 0.156. The zero-order chi connectivity index (χ0) is 18.1. The molecule has 5 nitrogen and oxygen atoms in total. The van der Waals surface area contributed by atoms with Crippen molar-refractivity contribution in [1.82, 2.24) is 15.3 Å². The maximum atomic E-state index is 12.6. The highest BCUT2D eigenvalue weighted by Gasteiger charge is 2.53. The van der Waals surface area contributed by atoms with E-state index in [1.165, 1.54) is 24.1 Å². The van der Waals surface area contributed by atoms with Crippen LogP contribution in [0.1, 0.15) is 60.6 Å². The summed E-state index contributed by atoms with van der Waals surface area (Å²) in [5.74, 6) is 2.01. The highest BCUT2D eigenvalue weighted by atomic mass is 32.1. The van der Waals surface area contributed by atoms with Gasteiger partial charge in [0.2, 0.25) is 5.82 Å². The number of hydrogen-bond acceptors (Lipinski definition) is 4. The summed E-state index contributed by atoms with van der Waals surface area (Å²) in [5.41, 5.74) is 1.39. The molecule has 6 rings (SSSR count). The van der Waals surface area contributed by atoms with Gasteiger partial charge in [-0.3, -0.25) is 9.59 Å². The summed E-state index contributed by atoms with van der Waals surface area (Å²) in [7, 11) is 0. The van der Waals surface area contributed by atoms with Crippen molar-refractivity contribution in [2.24, 2.45) is 23.2 Å². The zero-order valence-corrected chi connectivity index (χ0v) is 16.2. The molecule has 3 fully saturated rings. The molecule has 138 valence electrons. The van der Waals surface area contributed by atoms with Crippen molar-refractivity contribution in [3.05, 3.63) is 26.6 Å². The van der Waals surface area contributed by atoms with E-state index in [0.29, 0.717) is 34.0 Å². The Kier molecular flexibility index (Phi) is 3.58. The Labute approximate surface area is 156 Å². The second kappa shape index (κ2) is 5.65. The molecule has 2 N–H and O–H groups in total. The number of carbonyl (C=O) groups excluding carboxylic acids is 1. The van der Waals surface area contributed by atoms with Gasteiger partial charge in [-0.2, -0.15) is 0 Å². The molecule has 4 aliphatic rings. The van der Waals surface area contributed by atoms with Crippen molar-refractivity contribution in [1.29, 1.82) is 0 Å². The predicted octanol–water partition coefficient (Wildman–Crippen LogP) is 3.28. The molecule has 1 unspecified atom stereocenters. The average Bonchev–Trinajstić information content (AvgIpc) is 3.20. The van der Waals surface area contributed by atoms with Crippen LogP contribution >= 0.6 is 11.3 Å². The molecule has 2 aromatic heterocycles. The van der Waals surface area contributed by atoms with Crippen molar-refractivity contribution in [3.63, 3.8) is 0 Å². The summed E-state index contributed by atoms with van der Waals surface area (Å²) in [6.45, 7) is 5.41. The van der Waals surface area contributed by atoms with Crippen molar-refractivity contribution in [2.45, 2.75) is 52.4 Å². The Bertz CT molecular complexity index is 956. The minimum atomic E-state index is -0.253. The largest absolute Gasteiger partial charge is 0.349 e. The number of thiophene rings is 1. The van der Waals surface area contributed by atoms with Crippen LogP contribution in [0.4, 0.5) is 0 Å². The summed E-state index contributed by atoms with van der Waals surface area (Å²) in [6, 6.07) is 0. The Morgan fingerprint density at radius 1 is 1.35 bits per heavy atom. The van der Waals surface area contributed by atoms with Crippen molar-refractivity contribution in [2.75, 3.05) is 6.54 Å². The summed E-state index contributed by atoms with van der Waals surface area (Å²) in [5, 5.41) is 3.74. The number of nitrogens with zero attached hydrogens (tertiary/aromatic N) is 1. The van der Waals surface area contributed by atoms with E-state index < -0.39 is 0 Å². The molecule has 2 aromatic rings. The average molecular weight is 372 g/mol. The van der Waals surface area contributed by atoms with Crippen molar-refractivity contribution >= 4 is 27.5 Å². The first-order valence-electron chi connectivity index (χ1n) is 9.78. The van der Waals surface area contributed by atoms with E-state index in [0.717, 1.165) is 30.7 Å². The Balaban J connectivity index is 1.34. The van der Waals surface area contributed by atoms with Crippen LogP contribution in [0.5, 0.6) is 0 Å². The fourth-order valence-corrected chi connectivity index (χ4v) is 6.89. The van der Waals surface area contributed by atoms with Crippen LogP contribution < -0.4 is 10.9 Å². The Morgan fingerprint density at radius 3 is 2.96 bits per heavy atom. The van der Waals surface area contributed by atoms with Gasteiger partial charge in [-0.1, -0.05) is 13.8 Å². The number of amides is 1. The van der Waals surface area contributed by atoms with E-state index in [1.807, 2.05) is 0 Å². The summed E-state index contributed by atoms with van der Waals surface area (Å²) in [6.07, 6.45) is 6.85. The smallest absolute Gasteiger partial charge is 0.287 e. The lowest BCUT2D eigenvalue weighted by atomic mass is 9.45.